The third-order valence-electron chi connectivity index (χ3n) is 1.32. The lowest BCUT2D eigenvalue weighted by molar-refractivity contribution is 0.183. The standard InChI is InChI=1S/C7H9N3O2/c1-12-3-2-10-5-7(4-9-10)8-6-11/h4-5H,2-3H2,1H3. The Hall–Kier alpha value is -1.45. The Labute approximate surface area is 69.7 Å². The molecule has 1 aromatic heterocycles. The summed E-state index contributed by atoms with van der Waals surface area (Å²) in [5.74, 6) is 0. The molecule has 0 unspecified atom stereocenters. The Balaban J connectivity index is 2.58. The molecular formula is C7H9N3O2. The number of hydrogen-bond acceptors (Lipinski definition) is 4. The highest BCUT2D eigenvalue weighted by atomic mass is 16.5. The average Bonchev–Trinajstić information content (AvgIpc) is 2.50. The number of isocyanates is 1. The van der Waals surface area contributed by atoms with Crippen molar-refractivity contribution in [2.45, 2.75) is 6.54 Å². The van der Waals surface area contributed by atoms with Crippen LogP contribution in [0.4, 0.5) is 5.69 Å². The van der Waals surface area contributed by atoms with E-state index in [1.165, 1.54) is 12.3 Å². The lowest BCUT2D eigenvalue weighted by atomic mass is 10.6. The van der Waals surface area contributed by atoms with Crippen LogP contribution in [0, 0.1) is 0 Å². The van der Waals surface area contributed by atoms with Gasteiger partial charge in [-0.2, -0.15) is 10.1 Å². The second-order valence-corrected chi connectivity index (χ2v) is 2.16. The molecule has 12 heavy (non-hydrogen) atoms. The molecule has 0 saturated heterocycles. The van der Waals surface area contributed by atoms with Crippen molar-refractivity contribution < 1.29 is 9.53 Å². The third kappa shape index (κ3) is 2.30. The van der Waals surface area contributed by atoms with Crippen LogP contribution in [0.5, 0.6) is 0 Å². The SMILES string of the molecule is COCCn1cc(N=C=O)cn1. The highest BCUT2D eigenvalue weighted by molar-refractivity contribution is 5.45. The second-order valence-electron chi connectivity index (χ2n) is 2.16. The van der Waals surface area contributed by atoms with Crippen LogP contribution in [0.25, 0.3) is 0 Å². The van der Waals surface area contributed by atoms with Gasteiger partial charge < -0.3 is 4.74 Å². The molecule has 64 valence electrons. The maximum atomic E-state index is 9.84. The van der Waals surface area contributed by atoms with Crippen molar-refractivity contribution in [1.29, 1.82) is 0 Å². The number of hydrogen-bond donors (Lipinski definition) is 0. The smallest absolute Gasteiger partial charge is 0.240 e. The molecule has 0 aliphatic carbocycles. The summed E-state index contributed by atoms with van der Waals surface area (Å²) in [6.07, 6.45) is 4.60. The van der Waals surface area contributed by atoms with E-state index in [0.29, 0.717) is 18.8 Å². The molecule has 0 aromatic carbocycles. The first-order valence-corrected chi connectivity index (χ1v) is 3.46. The van der Waals surface area contributed by atoms with E-state index in [1.54, 1.807) is 18.0 Å². The van der Waals surface area contributed by atoms with Gasteiger partial charge in [0.1, 0.15) is 5.69 Å². The van der Waals surface area contributed by atoms with E-state index < -0.39 is 0 Å². The molecule has 0 aliphatic heterocycles. The van der Waals surface area contributed by atoms with Gasteiger partial charge in [0, 0.05) is 7.11 Å². The van der Waals surface area contributed by atoms with Gasteiger partial charge in [0.05, 0.1) is 25.5 Å². The maximum Gasteiger partial charge on any atom is 0.240 e. The molecule has 0 spiro atoms. The highest BCUT2D eigenvalue weighted by Gasteiger charge is 1.94. The number of methoxy groups -OCH3 is 1. The van der Waals surface area contributed by atoms with Crippen LogP contribution < -0.4 is 0 Å². The van der Waals surface area contributed by atoms with Crippen LogP contribution in [-0.2, 0) is 16.1 Å². The molecule has 5 heteroatoms. The summed E-state index contributed by atoms with van der Waals surface area (Å²) >= 11 is 0. The molecule has 0 radical (unpaired) electrons. The van der Waals surface area contributed by atoms with E-state index in [-0.39, 0.29) is 0 Å². The first kappa shape index (κ1) is 8.64. The third-order valence-corrected chi connectivity index (χ3v) is 1.32. The summed E-state index contributed by atoms with van der Waals surface area (Å²) < 4.78 is 6.50. The van der Waals surface area contributed by atoms with Crippen molar-refractivity contribution in [3.63, 3.8) is 0 Å². The van der Waals surface area contributed by atoms with Crippen LogP contribution >= 0.6 is 0 Å². The summed E-state index contributed by atoms with van der Waals surface area (Å²) in [5, 5.41) is 3.94. The van der Waals surface area contributed by atoms with Gasteiger partial charge >= 0.3 is 0 Å². The van der Waals surface area contributed by atoms with Crippen molar-refractivity contribution in [2.24, 2.45) is 4.99 Å². The van der Waals surface area contributed by atoms with E-state index in [0.717, 1.165) is 0 Å². The zero-order chi connectivity index (χ0) is 8.81. The second kappa shape index (κ2) is 4.43. The zero-order valence-corrected chi connectivity index (χ0v) is 6.73. The molecular weight excluding hydrogens is 158 g/mol. The summed E-state index contributed by atoms with van der Waals surface area (Å²) in [7, 11) is 1.62. The van der Waals surface area contributed by atoms with Crippen molar-refractivity contribution in [3.05, 3.63) is 12.4 Å². The molecule has 1 heterocycles. The normalized spacial score (nSPS) is 9.42. The number of aliphatic imine (C=N–C) groups is 1. The zero-order valence-electron chi connectivity index (χ0n) is 6.73. The van der Waals surface area contributed by atoms with Crippen molar-refractivity contribution in [2.75, 3.05) is 13.7 Å². The monoisotopic (exact) mass is 167 g/mol. The molecule has 0 aliphatic rings. The lowest BCUT2D eigenvalue weighted by Gasteiger charge is -1.97. The highest BCUT2D eigenvalue weighted by Crippen LogP contribution is 2.07. The van der Waals surface area contributed by atoms with Gasteiger partial charge in [-0.1, -0.05) is 0 Å². The topological polar surface area (TPSA) is 56.5 Å². The van der Waals surface area contributed by atoms with E-state index in [1.807, 2.05) is 0 Å². The number of nitrogens with zero attached hydrogens (tertiary/aromatic N) is 3. The quantitative estimate of drug-likeness (QED) is 0.484. The van der Waals surface area contributed by atoms with E-state index in [4.69, 9.17) is 4.74 Å². The largest absolute Gasteiger partial charge is 0.383 e. The van der Waals surface area contributed by atoms with Crippen LogP contribution in [-0.4, -0.2) is 29.6 Å². The summed E-state index contributed by atoms with van der Waals surface area (Å²) in [4.78, 5) is 13.2. The first-order chi connectivity index (χ1) is 5.86. The average molecular weight is 167 g/mol. The van der Waals surface area contributed by atoms with Crippen LogP contribution in [0.3, 0.4) is 0 Å². The minimum Gasteiger partial charge on any atom is -0.383 e. The predicted molar refractivity (Wildman–Crippen MR) is 41.9 cm³/mol. The molecule has 0 amide bonds. The minimum atomic E-state index is 0.515. The van der Waals surface area contributed by atoms with Gasteiger partial charge in [-0.25, -0.2) is 4.79 Å². The fraction of sp³-hybridized carbons (Fsp3) is 0.429. The van der Waals surface area contributed by atoms with Gasteiger partial charge in [0.2, 0.25) is 6.08 Å². The summed E-state index contributed by atoms with van der Waals surface area (Å²) in [6.45, 7) is 1.25. The summed E-state index contributed by atoms with van der Waals surface area (Å²) in [5.41, 5.74) is 0.515. The number of ether oxygens (including phenoxy) is 1. The molecule has 1 rings (SSSR count). The Morgan fingerprint density at radius 1 is 1.83 bits per heavy atom. The van der Waals surface area contributed by atoms with Gasteiger partial charge in [-0.05, 0) is 0 Å². The van der Waals surface area contributed by atoms with Gasteiger partial charge in [-0.15, -0.1) is 0 Å². The van der Waals surface area contributed by atoms with Gasteiger partial charge in [0.15, 0.2) is 0 Å². The Morgan fingerprint density at radius 3 is 3.33 bits per heavy atom. The molecule has 5 nitrogen and oxygen atoms in total. The molecule has 0 saturated carbocycles. The lowest BCUT2D eigenvalue weighted by Crippen LogP contribution is -2.03. The minimum absolute atomic E-state index is 0.515. The van der Waals surface area contributed by atoms with E-state index in [9.17, 15) is 4.79 Å². The number of carbonyl (C=O) groups excluding carboxylic acids is 1. The van der Waals surface area contributed by atoms with Crippen LogP contribution in [0.1, 0.15) is 0 Å². The molecule has 0 N–H and O–H groups in total. The van der Waals surface area contributed by atoms with E-state index >= 15 is 0 Å². The van der Waals surface area contributed by atoms with E-state index in [2.05, 4.69) is 10.1 Å². The fourth-order valence-corrected chi connectivity index (χ4v) is 0.770. The molecule has 0 bridgehead atoms. The number of rotatable bonds is 4. The van der Waals surface area contributed by atoms with Gasteiger partial charge in [0.25, 0.3) is 0 Å². The molecule has 1 aromatic rings. The van der Waals surface area contributed by atoms with Crippen molar-refractivity contribution >= 4 is 11.8 Å². The van der Waals surface area contributed by atoms with Crippen LogP contribution in [0.2, 0.25) is 0 Å². The van der Waals surface area contributed by atoms with Crippen molar-refractivity contribution in [3.8, 4) is 0 Å². The Kier molecular flexibility index (Phi) is 3.19. The van der Waals surface area contributed by atoms with Crippen LogP contribution in [0.15, 0.2) is 17.4 Å². The first-order valence-electron chi connectivity index (χ1n) is 3.46. The van der Waals surface area contributed by atoms with Crippen molar-refractivity contribution in [1.82, 2.24) is 9.78 Å². The summed E-state index contributed by atoms with van der Waals surface area (Å²) in [6, 6.07) is 0. The fourth-order valence-electron chi connectivity index (χ4n) is 0.770. The maximum absolute atomic E-state index is 9.84. The Bertz CT molecular complexity index is 289. The predicted octanol–water partition coefficient (Wildman–Crippen LogP) is 0.497. The molecule has 0 fully saturated rings. The molecule has 0 atom stereocenters. The van der Waals surface area contributed by atoms with Gasteiger partial charge in [-0.3, -0.25) is 4.68 Å². The Morgan fingerprint density at radius 2 is 2.67 bits per heavy atom. The number of aromatic nitrogens is 2.